The first-order valence-corrected chi connectivity index (χ1v) is 5.62. The average Bonchev–Trinajstić information content (AvgIpc) is 2.61. The van der Waals surface area contributed by atoms with Gasteiger partial charge in [0.2, 0.25) is 5.91 Å². The Hall–Kier alpha value is -0.610. The molecule has 1 unspecified atom stereocenters. The summed E-state index contributed by atoms with van der Waals surface area (Å²) in [5.41, 5.74) is -0.667. The average molecular weight is 214 g/mol. The van der Waals surface area contributed by atoms with Gasteiger partial charge in [-0.15, -0.1) is 0 Å². The van der Waals surface area contributed by atoms with E-state index < -0.39 is 5.60 Å². The van der Waals surface area contributed by atoms with Crippen LogP contribution in [0.2, 0.25) is 0 Å². The summed E-state index contributed by atoms with van der Waals surface area (Å²) in [6, 6.07) is 0.196. The Bertz CT molecular complexity index is 223. The van der Waals surface area contributed by atoms with Gasteiger partial charge < -0.3 is 10.4 Å². The lowest BCUT2D eigenvalue weighted by Gasteiger charge is -2.33. The molecule has 1 aliphatic rings. The summed E-state index contributed by atoms with van der Waals surface area (Å²) >= 11 is 0. The zero-order valence-corrected chi connectivity index (χ0v) is 9.92. The maximum atomic E-state index is 11.1. The number of carbonyl (C=O) groups excluding carboxylic acids is 1. The second-order valence-corrected chi connectivity index (χ2v) is 4.77. The van der Waals surface area contributed by atoms with Gasteiger partial charge in [-0.05, 0) is 33.2 Å². The van der Waals surface area contributed by atoms with Crippen LogP contribution in [0.5, 0.6) is 0 Å². The number of amides is 1. The Morgan fingerprint density at radius 3 is 2.80 bits per heavy atom. The minimum absolute atomic E-state index is 0.0661. The second kappa shape index (κ2) is 4.94. The molecule has 88 valence electrons. The van der Waals surface area contributed by atoms with E-state index in [1.54, 1.807) is 7.05 Å². The fourth-order valence-electron chi connectivity index (χ4n) is 2.26. The molecule has 0 aromatic heterocycles. The molecule has 0 aromatic carbocycles. The molecule has 2 N–H and O–H groups in total. The molecule has 1 rings (SSSR count). The standard InChI is InChI=1S/C11H22N2O2/c1-11(2,15)9-5-4-7-13(9)8-6-10(14)12-3/h9,15H,4-8H2,1-3H3,(H,12,14). The number of aliphatic hydroxyl groups is 1. The zero-order chi connectivity index (χ0) is 11.5. The molecule has 0 aromatic rings. The van der Waals surface area contributed by atoms with Crippen molar-refractivity contribution in [2.75, 3.05) is 20.1 Å². The Labute approximate surface area is 91.6 Å². The molecule has 1 saturated heterocycles. The van der Waals surface area contributed by atoms with Gasteiger partial charge in [0.05, 0.1) is 5.60 Å². The van der Waals surface area contributed by atoms with Crippen molar-refractivity contribution in [1.82, 2.24) is 10.2 Å². The summed E-state index contributed by atoms with van der Waals surface area (Å²) in [5.74, 6) is 0.0661. The van der Waals surface area contributed by atoms with Crippen LogP contribution in [0.15, 0.2) is 0 Å². The van der Waals surface area contributed by atoms with E-state index in [1.807, 2.05) is 13.8 Å². The number of likely N-dealkylation sites (tertiary alicyclic amines) is 1. The Balaban J connectivity index is 2.44. The van der Waals surface area contributed by atoms with Crippen molar-refractivity contribution in [2.24, 2.45) is 0 Å². The fourth-order valence-corrected chi connectivity index (χ4v) is 2.26. The lowest BCUT2D eigenvalue weighted by Crippen LogP contribution is -2.46. The van der Waals surface area contributed by atoms with E-state index >= 15 is 0 Å². The summed E-state index contributed by atoms with van der Waals surface area (Å²) < 4.78 is 0. The van der Waals surface area contributed by atoms with Gasteiger partial charge in [0.1, 0.15) is 0 Å². The minimum atomic E-state index is -0.667. The van der Waals surface area contributed by atoms with Crippen LogP contribution < -0.4 is 5.32 Å². The number of rotatable bonds is 4. The Kier molecular flexibility index (Phi) is 4.11. The number of hydrogen-bond donors (Lipinski definition) is 2. The van der Waals surface area contributed by atoms with Gasteiger partial charge in [0.25, 0.3) is 0 Å². The molecule has 15 heavy (non-hydrogen) atoms. The first-order valence-electron chi connectivity index (χ1n) is 5.62. The van der Waals surface area contributed by atoms with Crippen LogP contribution in [0.1, 0.15) is 33.1 Å². The molecular formula is C11H22N2O2. The van der Waals surface area contributed by atoms with E-state index in [9.17, 15) is 9.90 Å². The first-order chi connectivity index (χ1) is 6.95. The van der Waals surface area contributed by atoms with Crippen molar-refractivity contribution < 1.29 is 9.90 Å². The second-order valence-electron chi connectivity index (χ2n) is 4.77. The normalized spacial score (nSPS) is 23.1. The van der Waals surface area contributed by atoms with E-state index in [-0.39, 0.29) is 11.9 Å². The fraction of sp³-hybridized carbons (Fsp3) is 0.909. The first kappa shape index (κ1) is 12.5. The van der Waals surface area contributed by atoms with Crippen LogP contribution in [-0.4, -0.2) is 47.7 Å². The molecule has 4 heteroatoms. The summed E-state index contributed by atoms with van der Waals surface area (Å²) in [5, 5.41) is 12.6. The lowest BCUT2D eigenvalue weighted by atomic mass is 9.96. The molecular weight excluding hydrogens is 192 g/mol. The monoisotopic (exact) mass is 214 g/mol. The molecule has 1 fully saturated rings. The lowest BCUT2D eigenvalue weighted by molar-refractivity contribution is -0.121. The van der Waals surface area contributed by atoms with Crippen LogP contribution in [-0.2, 0) is 4.79 Å². The predicted octanol–water partition coefficient (Wildman–Crippen LogP) is 0.358. The van der Waals surface area contributed by atoms with E-state index in [4.69, 9.17) is 0 Å². The van der Waals surface area contributed by atoms with Gasteiger partial charge in [-0.25, -0.2) is 0 Å². The highest BCUT2D eigenvalue weighted by Crippen LogP contribution is 2.26. The van der Waals surface area contributed by atoms with Crippen molar-refractivity contribution in [3.63, 3.8) is 0 Å². The third-order valence-electron chi connectivity index (χ3n) is 3.08. The summed E-state index contributed by atoms with van der Waals surface area (Å²) in [6.07, 6.45) is 2.66. The maximum absolute atomic E-state index is 11.1. The summed E-state index contributed by atoms with van der Waals surface area (Å²) in [6.45, 7) is 5.42. The van der Waals surface area contributed by atoms with Gasteiger partial charge >= 0.3 is 0 Å². The summed E-state index contributed by atoms with van der Waals surface area (Å²) in [4.78, 5) is 13.3. The molecule has 1 heterocycles. The van der Waals surface area contributed by atoms with Gasteiger partial charge in [0.15, 0.2) is 0 Å². The quantitative estimate of drug-likeness (QED) is 0.710. The number of hydrogen-bond acceptors (Lipinski definition) is 3. The van der Waals surface area contributed by atoms with E-state index in [0.717, 1.165) is 25.9 Å². The van der Waals surface area contributed by atoms with Crippen LogP contribution in [0.3, 0.4) is 0 Å². The van der Waals surface area contributed by atoms with Gasteiger partial charge in [-0.2, -0.15) is 0 Å². The van der Waals surface area contributed by atoms with Crippen molar-refractivity contribution in [2.45, 2.75) is 44.8 Å². The minimum Gasteiger partial charge on any atom is -0.389 e. The van der Waals surface area contributed by atoms with Gasteiger partial charge in [-0.3, -0.25) is 9.69 Å². The molecule has 1 amide bonds. The van der Waals surface area contributed by atoms with Crippen LogP contribution in [0, 0.1) is 0 Å². The van der Waals surface area contributed by atoms with Crippen molar-refractivity contribution >= 4 is 5.91 Å². The van der Waals surface area contributed by atoms with Crippen molar-refractivity contribution in [3.05, 3.63) is 0 Å². The number of nitrogens with one attached hydrogen (secondary N) is 1. The molecule has 0 bridgehead atoms. The summed E-state index contributed by atoms with van der Waals surface area (Å²) in [7, 11) is 1.65. The molecule has 0 spiro atoms. The highest BCUT2D eigenvalue weighted by molar-refractivity contribution is 5.75. The topological polar surface area (TPSA) is 52.6 Å². The third kappa shape index (κ3) is 3.47. The van der Waals surface area contributed by atoms with E-state index in [2.05, 4.69) is 10.2 Å². The van der Waals surface area contributed by atoms with E-state index in [0.29, 0.717) is 6.42 Å². The molecule has 0 radical (unpaired) electrons. The van der Waals surface area contributed by atoms with Gasteiger partial charge in [0, 0.05) is 26.1 Å². The number of carbonyl (C=O) groups is 1. The molecule has 4 nitrogen and oxygen atoms in total. The highest BCUT2D eigenvalue weighted by atomic mass is 16.3. The SMILES string of the molecule is CNC(=O)CCN1CCCC1C(C)(C)O. The Morgan fingerprint density at radius 1 is 1.60 bits per heavy atom. The number of nitrogens with zero attached hydrogens (tertiary/aromatic N) is 1. The molecule has 0 aliphatic carbocycles. The van der Waals surface area contributed by atoms with Crippen molar-refractivity contribution in [3.8, 4) is 0 Å². The smallest absolute Gasteiger partial charge is 0.221 e. The molecule has 1 atom stereocenters. The molecule has 1 aliphatic heterocycles. The predicted molar refractivity (Wildman–Crippen MR) is 59.6 cm³/mol. The maximum Gasteiger partial charge on any atom is 0.221 e. The molecule has 0 saturated carbocycles. The Morgan fingerprint density at radius 2 is 2.27 bits per heavy atom. The van der Waals surface area contributed by atoms with Crippen LogP contribution in [0.25, 0.3) is 0 Å². The van der Waals surface area contributed by atoms with Crippen LogP contribution in [0.4, 0.5) is 0 Å². The van der Waals surface area contributed by atoms with Crippen molar-refractivity contribution in [1.29, 1.82) is 0 Å². The largest absolute Gasteiger partial charge is 0.389 e. The highest BCUT2D eigenvalue weighted by Gasteiger charge is 2.35. The third-order valence-corrected chi connectivity index (χ3v) is 3.08. The van der Waals surface area contributed by atoms with E-state index in [1.165, 1.54) is 0 Å². The zero-order valence-electron chi connectivity index (χ0n) is 9.92. The van der Waals surface area contributed by atoms with Crippen LogP contribution >= 0.6 is 0 Å². The van der Waals surface area contributed by atoms with Gasteiger partial charge in [-0.1, -0.05) is 0 Å².